The highest BCUT2D eigenvalue weighted by molar-refractivity contribution is 7.09. The molecule has 0 radical (unpaired) electrons. The van der Waals surface area contributed by atoms with Crippen molar-refractivity contribution in [3.05, 3.63) is 22.5 Å². The summed E-state index contributed by atoms with van der Waals surface area (Å²) in [7, 11) is 0. The SMILES string of the molecule is Cc1nc(-c2cnc(CCCN)o2)cs1. The van der Waals surface area contributed by atoms with Gasteiger partial charge in [-0.15, -0.1) is 11.3 Å². The summed E-state index contributed by atoms with van der Waals surface area (Å²) in [6.45, 7) is 2.63. The van der Waals surface area contributed by atoms with E-state index in [2.05, 4.69) is 9.97 Å². The molecule has 0 atom stereocenters. The molecule has 2 N–H and O–H groups in total. The van der Waals surface area contributed by atoms with Gasteiger partial charge in [0.15, 0.2) is 11.7 Å². The fraction of sp³-hybridized carbons (Fsp3) is 0.400. The van der Waals surface area contributed by atoms with Gasteiger partial charge in [-0.1, -0.05) is 0 Å². The van der Waals surface area contributed by atoms with E-state index in [4.69, 9.17) is 10.2 Å². The summed E-state index contributed by atoms with van der Waals surface area (Å²) in [5, 5.41) is 3.01. The molecule has 0 saturated carbocycles. The van der Waals surface area contributed by atoms with Crippen molar-refractivity contribution >= 4 is 11.3 Å². The van der Waals surface area contributed by atoms with Gasteiger partial charge < -0.3 is 10.2 Å². The lowest BCUT2D eigenvalue weighted by Crippen LogP contribution is -2.00. The van der Waals surface area contributed by atoms with Crippen LogP contribution in [0.4, 0.5) is 0 Å². The van der Waals surface area contributed by atoms with Crippen molar-refractivity contribution in [1.29, 1.82) is 0 Å². The molecule has 0 saturated heterocycles. The van der Waals surface area contributed by atoms with Crippen molar-refractivity contribution in [3.63, 3.8) is 0 Å². The Morgan fingerprint density at radius 3 is 3.07 bits per heavy atom. The van der Waals surface area contributed by atoms with E-state index in [1.54, 1.807) is 17.5 Å². The van der Waals surface area contributed by atoms with Gasteiger partial charge in [-0.25, -0.2) is 9.97 Å². The molecule has 5 heteroatoms. The lowest BCUT2D eigenvalue weighted by molar-refractivity contribution is 0.498. The monoisotopic (exact) mass is 223 g/mol. The van der Waals surface area contributed by atoms with E-state index < -0.39 is 0 Å². The minimum absolute atomic E-state index is 0.660. The van der Waals surface area contributed by atoms with Crippen LogP contribution in [0.2, 0.25) is 0 Å². The van der Waals surface area contributed by atoms with Crippen LogP contribution in [0.25, 0.3) is 11.5 Å². The highest BCUT2D eigenvalue weighted by Crippen LogP contribution is 2.22. The zero-order valence-electron chi connectivity index (χ0n) is 8.56. The maximum atomic E-state index is 5.56. The molecule has 2 heterocycles. The number of aryl methyl sites for hydroxylation is 2. The van der Waals surface area contributed by atoms with Crippen molar-refractivity contribution in [2.45, 2.75) is 19.8 Å². The predicted octanol–water partition coefficient (Wildman–Crippen LogP) is 2.00. The smallest absolute Gasteiger partial charge is 0.195 e. The molecule has 80 valence electrons. The molecule has 0 fully saturated rings. The third-order valence-electron chi connectivity index (χ3n) is 2.02. The second-order valence-corrected chi connectivity index (χ2v) is 4.32. The molecular weight excluding hydrogens is 210 g/mol. The van der Waals surface area contributed by atoms with Crippen molar-refractivity contribution in [1.82, 2.24) is 9.97 Å². The highest BCUT2D eigenvalue weighted by atomic mass is 32.1. The first-order valence-electron chi connectivity index (χ1n) is 4.87. The molecule has 2 rings (SSSR count). The van der Waals surface area contributed by atoms with Gasteiger partial charge in [-0.3, -0.25) is 0 Å². The van der Waals surface area contributed by atoms with Crippen LogP contribution in [0.3, 0.4) is 0 Å². The van der Waals surface area contributed by atoms with E-state index >= 15 is 0 Å². The maximum absolute atomic E-state index is 5.56. The summed E-state index contributed by atoms with van der Waals surface area (Å²) in [6.07, 6.45) is 3.41. The average molecular weight is 223 g/mol. The van der Waals surface area contributed by atoms with Crippen molar-refractivity contribution in [2.75, 3.05) is 6.54 Å². The van der Waals surface area contributed by atoms with Crippen LogP contribution in [0.5, 0.6) is 0 Å². The van der Waals surface area contributed by atoms with Gasteiger partial charge in [0.05, 0.1) is 11.2 Å². The lowest BCUT2D eigenvalue weighted by Gasteiger charge is -1.91. The van der Waals surface area contributed by atoms with Gasteiger partial charge in [-0.2, -0.15) is 0 Å². The standard InChI is InChI=1S/C10H13N3OS/c1-7-13-8(6-15-7)9-5-12-10(14-9)3-2-4-11/h5-6H,2-4,11H2,1H3. The number of nitrogens with two attached hydrogens (primary N) is 1. The highest BCUT2D eigenvalue weighted by Gasteiger charge is 2.08. The molecular formula is C10H13N3OS. The van der Waals surface area contributed by atoms with E-state index in [-0.39, 0.29) is 0 Å². The molecule has 4 nitrogen and oxygen atoms in total. The number of hydrogen-bond acceptors (Lipinski definition) is 5. The van der Waals surface area contributed by atoms with Gasteiger partial charge in [0, 0.05) is 11.8 Å². The zero-order chi connectivity index (χ0) is 10.7. The molecule has 0 unspecified atom stereocenters. The molecule has 0 amide bonds. The molecule has 2 aromatic rings. The van der Waals surface area contributed by atoms with E-state index in [1.807, 2.05) is 12.3 Å². The van der Waals surface area contributed by atoms with Crippen LogP contribution in [-0.4, -0.2) is 16.5 Å². The quantitative estimate of drug-likeness (QED) is 0.861. The van der Waals surface area contributed by atoms with Gasteiger partial charge >= 0.3 is 0 Å². The van der Waals surface area contributed by atoms with Crippen LogP contribution >= 0.6 is 11.3 Å². The van der Waals surface area contributed by atoms with Crippen LogP contribution in [-0.2, 0) is 6.42 Å². The largest absolute Gasteiger partial charge is 0.439 e. The number of oxazole rings is 1. The molecule has 0 aliphatic rings. The second-order valence-electron chi connectivity index (χ2n) is 3.26. The predicted molar refractivity (Wildman–Crippen MR) is 59.7 cm³/mol. The summed E-state index contributed by atoms with van der Waals surface area (Å²) >= 11 is 1.61. The van der Waals surface area contributed by atoms with Gasteiger partial charge in [-0.05, 0) is 19.9 Å². The molecule has 0 aromatic carbocycles. The number of nitrogens with zero attached hydrogens (tertiary/aromatic N) is 2. The van der Waals surface area contributed by atoms with Gasteiger partial charge in [0.2, 0.25) is 0 Å². The van der Waals surface area contributed by atoms with Crippen molar-refractivity contribution in [3.8, 4) is 11.5 Å². The molecule has 0 bridgehead atoms. The third kappa shape index (κ3) is 2.43. The topological polar surface area (TPSA) is 64.9 Å². The summed E-state index contributed by atoms with van der Waals surface area (Å²) < 4.78 is 5.56. The minimum Gasteiger partial charge on any atom is -0.439 e. The van der Waals surface area contributed by atoms with Crippen LogP contribution in [0.1, 0.15) is 17.3 Å². The first-order valence-corrected chi connectivity index (χ1v) is 5.75. The number of thiazole rings is 1. The fourth-order valence-corrected chi connectivity index (χ4v) is 1.88. The summed E-state index contributed by atoms with van der Waals surface area (Å²) in [6, 6.07) is 0. The zero-order valence-corrected chi connectivity index (χ0v) is 9.38. The van der Waals surface area contributed by atoms with E-state index in [9.17, 15) is 0 Å². The summed E-state index contributed by atoms with van der Waals surface area (Å²) in [5.41, 5.74) is 6.28. The third-order valence-corrected chi connectivity index (χ3v) is 2.79. The van der Waals surface area contributed by atoms with E-state index in [0.717, 1.165) is 35.2 Å². The molecule has 0 aliphatic carbocycles. The Morgan fingerprint density at radius 2 is 2.40 bits per heavy atom. The fourth-order valence-electron chi connectivity index (χ4n) is 1.27. The second kappa shape index (κ2) is 4.55. The normalized spacial score (nSPS) is 10.8. The van der Waals surface area contributed by atoms with Gasteiger partial charge in [0.1, 0.15) is 5.69 Å². The van der Waals surface area contributed by atoms with E-state index in [0.29, 0.717) is 6.54 Å². The Hall–Kier alpha value is -1.20. The Bertz CT molecular complexity index is 435. The Morgan fingerprint density at radius 1 is 1.53 bits per heavy atom. The Balaban J connectivity index is 2.13. The molecule has 0 aliphatic heterocycles. The maximum Gasteiger partial charge on any atom is 0.195 e. The Labute approximate surface area is 92.2 Å². The van der Waals surface area contributed by atoms with Crippen LogP contribution in [0.15, 0.2) is 16.0 Å². The number of rotatable bonds is 4. The average Bonchev–Trinajstić information content (AvgIpc) is 2.83. The Kier molecular flexibility index (Phi) is 3.13. The van der Waals surface area contributed by atoms with Crippen molar-refractivity contribution in [2.24, 2.45) is 5.73 Å². The van der Waals surface area contributed by atoms with Crippen molar-refractivity contribution < 1.29 is 4.42 Å². The lowest BCUT2D eigenvalue weighted by atomic mass is 10.3. The first kappa shape index (κ1) is 10.3. The summed E-state index contributed by atoms with van der Waals surface area (Å²) in [5.74, 6) is 1.48. The number of aromatic nitrogens is 2. The number of hydrogen-bond donors (Lipinski definition) is 1. The first-order chi connectivity index (χ1) is 7.29. The van der Waals surface area contributed by atoms with Gasteiger partial charge in [0.25, 0.3) is 0 Å². The minimum atomic E-state index is 0.660. The summed E-state index contributed by atoms with van der Waals surface area (Å²) in [4.78, 5) is 8.52. The molecule has 15 heavy (non-hydrogen) atoms. The van der Waals surface area contributed by atoms with E-state index in [1.165, 1.54) is 0 Å². The van der Waals surface area contributed by atoms with Crippen LogP contribution in [0, 0.1) is 6.92 Å². The molecule has 0 spiro atoms. The van der Waals surface area contributed by atoms with Crippen LogP contribution < -0.4 is 5.73 Å². The molecule has 2 aromatic heterocycles.